The number of pyridine rings is 1. The maximum Gasteiger partial charge on any atom is 0.521 e. The Hall–Kier alpha value is -0.848. The van der Waals surface area contributed by atoms with Crippen molar-refractivity contribution in [3.63, 3.8) is 0 Å². The molecule has 63 valence electrons. The van der Waals surface area contributed by atoms with Crippen LogP contribution >= 0.6 is 0 Å². The van der Waals surface area contributed by atoms with Crippen LogP contribution in [0.1, 0.15) is 6.92 Å². The first-order valence-electron chi connectivity index (χ1n) is 3.57. The van der Waals surface area contributed by atoms with E-state index >= 15 is 0 Å². The van der Waals surface area contributed by atoms with Gasteiger partial charge in [0.25, 0.3) is 5.97 Å². The number of carbonyl (C=O) groups is 1. The molecule has 0 saturated heterocycles. The zero-order valence-electron chi connectivity index (χ0n) is 7.23. The third-order valence-electron chi connectivity index (χ3n) is 0.850. The van der Waals surface area contributed by atoms with E-state index in [9.17, 15) is 4.79 Å². The average Bonchev–Trinajstić information content (AvgIpc) is 2.08. The van der Waals surface area contributed by atoms with E-state index in [2.05, 4.69) is 8.77 Å². The second-order valence-corrected chi connectivity index (χ2v) is 2.58. The lowest BCUT2D eigenvalue weighted by molar-refractivity contribution is -0.131. The van der Waals surface area contributed by atoms with Crippen molar-refractivity contribution in [2.24, 2.45) is 0 Å². The van der Waals surface area contributed by atoms with Crippen molar-refractivity contribution in [1.29, 1.82) is 0 Å². The summed E-state index contributed by atoms with van der Waals surface area (Å²) in [5.41, 5.74) is 0. The summed E-state index contributed by atoms with van der Waals surface area (Å²) in [4.78, 5) is 13.6. The summed E-state index contributed by atoms with van der Waals surface area (Å²) in [7, 11) is 0. The van der Waals surface area contributed by atoms with Crippen LogP contribution < -0.4 is 0 Å². The highest BCUT2D eigenvalue weighted by atomic mass is 27.1. The van der Waals surface area contributed by atoms with Gasteiger partial charge in [0.1, 0.15) is 0 Å². The molecular formula is C8H11AlNO2. The Morgan fingerprint density at radius 1 is 1.33 bits per heavy atom. The number of hydrogen-bond acceptors (Lipinski definition) is 3. The van der Waals surface area contributed by atoms with Crippen LogP contribution in [0.5, 0.6) is 0 Å². The van der Waals surface area contributed by atoms with Gasteiger partial charge in [-0.25, -0.2) is 0 Å². The van der Waals surface area contributed by atoms with Gasteiger partial charge in [0.2, 0.25) is 0 Å². The summed E-state index contributed by atoms with van der Waals surface area (Å²) < 4.78 is 4.49. The number of carbonyl (C=O) groups excluding carboxylic acids is 1. The van der Waals surface area contributed by atoms with E-state index in [0.29, 0.717) is 0 Å². The Bertz CT molecular complexity index is 177. The molecule has 0 aliphatic heterocycles. The van der Waals surface area contributed by atoms with Gasteiger partial charge >= 0.3 is 15.6 Å². The van der Waals surface area contributed by atoms with Crippen LogP contribution in [0.15, 0.2) is 30.6 Å². The monoisotopic (exact) mass is 180 g/mol. The molecule has 0 saturated carbocycles. The van der Waals surface area contributed by atoms with E-state index in [1.165, 1.54) is 6.92 Å². The van der Waals surface area contributed by atoms with Crippen LogP contribution in [0.2, 0.25) is 5.79 Å². The van der Waals surface area contributed by atoms with Gasteiger partial charge in [-0.1, -0.05) is 11.9 Å². The predicted molar refractivity (Wildman–Crippen MR) is 47.6 cm³/mol. The second kappa shape index (κ2) is 8.25. The molecule has 1 aromatic rings. The summed E-state index contributed by atoms with van der Waals surface area (Å²) in [6, 6.07) is 5.72. The molecule has 0 unspecified atom stereocenters. The first kappa shape index (κ1) is 11.2. The van der Waals surface area contributed by atoms with Gasteiger partial charge in [0.15, 0.2) is 0 Å². The number of aromatic nitrogens is 1. The number of hydrogen-bond donors (Lipinski definition) is 0. The fourth-order valence-corrected chi connectivity index (χ4v) is 0.810. The molecule has 1 aromatic heterocycles. The van der Waals surface area contributed by atoms with Crippen LogP contribution in [0, 0.1) is 0 Å². The molecule has 1 rings (SSSR count). The van der Waals surface area contributed by atoms with Gasteiger partial charge in [0.05, 0.1) is 0 Å². The summed E-state index contributed by atoms with van der Waals surface area (Å²) in [6.45, 7) is 1.41. The Morgan fingerprint density at radius 2 is 1.92 bits per heavy atom. The highest BCUT2D eigenvalue weighted by molar-refractivity contribution is 6.28. The van der Waals surface area contributed by atoms with Crippen LogP contribution in [0.4, 0.5) is 0 Å². The van der Waals surface area contributed by atoms with Crippen LogP contribution in [-0.4, -0.2) is 26.5 Å². The molecule has 1 heterocycles. The minimum Gasteiger partial charge on any atom is -0.622 e. The van der Waals surface area contributed by atoms with Gasteiger partial charge in [0, 0.05) is 19.3 Å². The molecule has 0 aromatic carbocycles. The lowest BCUT2D eigenvalue weighted by Gasteiger charge is -1.90. The van der Waals surface area contributed by atoms with Gasteiger partial charge in [-0.2, -0.15) is 0 Å². The van der Waals surface area contributed by atoms with E-state index in [1.54, 1.807) is 12.4 Å². The van der Waals surface area contributed by atoms with E-state index in [-0.39, 0.29) is 21.5 Å². The number of nitrogens with zero attached hydrogens (tertiary/aromatic N) is 1. The fraction of sp³-hybridized carbons (Fsp3) is 0.250. The van der Waals surface area contributed by atoms with Crippen molar-refractivity contribution >= 4 is 21.5 Å². The Kier molecular flexibility index (Phi) is 7.67. The number of rotatable bonds is 1. The molecule has 4 heteroatoms. The van der Waals surface area contributed by atoms with Gasteiger partial charge in [-0.15, -0.1) is 0 Å². The SMILES string of the molecule is [CH3][Al][O]C(C)=O.c1ccncc1. The quantitative estimate of drug-likeness (QED) is 0.611. The van der Waals surface area contributed by atoms with Crippen LogP contribution in [0.25, 0.3) is 0 Å². The summed E-state index contributed by atoms with van der Waals surface area (Å²) in [5.74, 6) is 1.69. The molecular weight excluding hydrogens is 169 g/mol. The molecule has 0 N–H and O–H groups in total. The molecule has 0 aliphatic carbocycles. The topological polar surface area (TPSA) is 39.2 Å². The predicted octanol–water partition coefficient (Wildman–Crippen LogP) is 1.30. The third kappa shape index (κ3) is 9.15. The molecule has 3 nitrogen and oxygen atoms in total. The molecule has 1 radical (unpaired) electrons. The van der Waals surface area contributed by atoms with Crippen molar-refractivity contribution < 1.29 is 8.58 Å². The molecule has 0 aliphatic rings. The van der Waals surface area contributed by atoms with E-state index in [1.807, 2.05) is 24.0 Å². The standard InChI is InChI=1S/C5H5N.C2H4O2.CH3.Al/c1-2-4-6-5-3-1;1-2(3)4;;/h1-5H;1H3,(H,3,4);1H3;/q;;;+1/p-1. The van der Waals surface area contributed by atoms with E-state index in [0.717, 1.165) is 0 Å². The zero-order valence-corrected chi connectivity index (χ0v) is 8.38. The lowest BCUT2D eigenvalue weighted by Crippen LogP contribution is -1.98. The maximum absolute atomic E-state index is 9.84. The minimum absolute atomic E-state index is 0.0972. The zero-order chi connectivity index (χ0) is 9.23. The van der Waals surface area contributed by atoms with Gasteiger partial charge in [-0.3, -0.25) is 9.78 Å². The van der Waals surface area contributed by atoms with Crippen molar-refractivity contribution in [2.75, 3.05) is 0 Å². The van der Waals surface area contributed by atoms with E-state index in [4.69, 9.17) is 0 Å². The second-order valence-electron chi connectivity index (χ2n) is 1.87. The van der Waals surface area contributed by atoms with Crippen molar-refractivity contribution in [2.45, 2.75) is 12.7 Å². The summed E-state index contributed by atoms with van der Waals surface area (Å²) in [6.07, 6.45) is 3.50. The van der Waals surface area contributed by atoms with Crippen LogP contribution in [-0.2, 0) is 8.58 Å². The first-order valence-corrected chi connectivity index (χ1v) is 5.20. The van der Waals surface area contributed by atoms with Gasteiger partial charge < -0.3 is 3.79 Å². The first-order chi connectivity index (χ1) is 5.77. The smallest absolute Gasteiger partial charge is 0.521 e. The highest BCUT2D eigenvalue weighted by Crippen LogP contribution is 1.73. The third-order valence-corrected chi connectivity index (χ3v) is 1.42. The molecule has 0 fully saturated rings. The molecule has 0 bridgehead atoms. The summed E-state index contributed by atoms with van der Waals surface area (Å²) >= 11 is -0.0972. The summed E-state index contributed by atoms with van der Waals surface area (Å²) in [5, 5.41) is 0. The van der Waals surface area contributed by atoms with Gasteiger partial charge in [-0.05, 0) is 12.1 Å². The Morgan fingerprint density at radius 3 is 2.00 bits per heavy atom. The van der Waals surface area contributed by atoms with Crippen molar-refractivity contribution in [1.82, 2.24) is 4.98 Å². The van der Waals surface area contributed by atoms with Crippen molar-refractivity contribution in [3.8, 4) is 0 Å². The van der Waals surface area contributed by atoms with E-state index < -0.39 is 0 Å². The Labute approximate surface area is 78.8 Å². The average molecular weight is 180 g/mol. The lowest BCUT2D eigenvalue weighted by atomic mass is 10.5. The molecule has 12 heavy (non-hydrogen) atoms. The Balaban J connectivity index is 0.000000202. The highest BCUT2D eigenvalue weighted by Gasteiger charge is 1.86. The van der Waals surface area contributed by atoms with Crippen LogP contribution in [0.3, 0.4) is 0 Å². The molecule has 0 atom stereocenters. The van der Waals surface area contributed by atoms with Crippen molar-refractivity contribution in [3.05, 3.63) is 30.6 Å². The minimum atomic E-state index is -0.174. The molecule has 0 amide bonds. The normalized spacial score (nSPS) is 7.50. The molecule has 0 spiro atoms. The largest absolute Gasteiger partial charge is 0.622 e. The maximum atomic E-state index is 9.84. The fourth-order valence-electron chi connectivity index (χ4n) is 0.479.